The largest absolute Gasteiger partial charge is 0.496 e. The molecule has 9 nitrogen and oxygen atoms in total. The number of hydrogen-bond donors (Lipinski definition) is 2. The normalized spacial score (nSPS) is 25.1. The molecule has 2 N–H and O–H groups in total. The first-order valence-corrected chi connectivity index (χ1v) is 7.68. The number of carbonyl (C=O) groups is 3. The van der Waals surface area contributed by atoms with Crippen LogP contribution in [0, 0.1) is 5.92 Å². The minimum atomic E-state index is -1.81. The van der Waals surface area contributed by atoms with Crippen LogP contribution in [0.25, 0.3) is 0 Å². The van der Waals surface area contributed by atoms with Gasteiger partial charge >= 0.3 is 11.9 Å². The van der Waals surface area contributed by atoms with Gasteiger partial charge in [-0.05, 0) is 6.92 Å². The smallest absolute Gasteiger partial charge is 0.330 e. The maximum Gasteiger partial charge on any atom is 0.330 e. The molecule has 2 rings (SSSR count). The number of carbonyl (C=O) groups excluding carboxylic acids is 1. The van der Waals surface area contributed by atoms with E-state index in [9.17, 15) is 24.6 Å². The third kappa shape index (κ3) is 2.59. The van der Waals surface area contributed by atoms with Crippen LogP contribution in [-0.4, -0.2) is 66.9 Å². The van der Waals surface area contributed by atoms with E-state index < -0.39 is 35.2 Å². The third-order valence-corrected chi connectivity index (χ3v) is 5.00. The molecule has 3 unspecified atom stereocenters. The third-order valence-electron chi connectivity index (χ3n) is 5.00. The van der Waals surface area contributed by atoms with Crippen LogP contribution in [-0.2, 0) is 14.4 Å². The van der Waals surface area contributed by atoms with Gasteiger partial charge in [-0.25, -0.2) is 4.79 Å². The molecule has 9 heteroatoms. The number of benzene rings is 1. The molecular weight excluding hydrogens is 346 g/mol. The molecule has 1 fully saturated rings. The molecule has 1 aromatic carbocycles. The minimum Gasteiger partial charge on any atom is -0.496 e. The summed E-state index contributed by atoms with van der Waals surface area (Å²) in [7, 11) is 5.41. The summed E-state index contributed by atoms with van der Waals surface area (Å²) in [4.78, 5) is 37.4. The summed E-state index contributed by atoms with van der Waals surface area (Å²) in [6, 6.07) is 2.98. The van der Waals surface area contributed by atoms with Gasteiger partial charge < -0.3 is 29.3 Å². The predicted octanol–water partition coefficient (Wildman–Crippen LogP) is 0.812. The fraction of sp³-hybridized carbons (Fsp3) is 0.471. The van der Waals surface area contributed by atoms with Gasteiger partial charge in [0.15, 0.2) is 0 Å². The number of ether oxygens (including phenoxy) is 3. The number of likely N-dealkylation sites (tertiary alicyclic amines) is 1. The van der Waals surface area contributed by atoms with Crippen molar-refractivity contribution < 1.29 is 38.8 Å². The van der Waals surface area contributed by atoms with Crippen LogP contribution in [0.1, 0.15) is 18.4 Å². The Morgan fingerprint density at radius 3 is 1.92 bits per heavy atom. The highest BCUT2D eigenvalue weighted by Crippen LogP contribution is 2.52. The van der Waals surface area contributed by atoms with Crippen LogP contribution in [0.15, 0.2) is 12.1 Å². The standard InChI is InChI=1S/C17H21NO8/c1-17(16(22)23)13(12(15(20)21)14(19)18(17)2)11-9(25-4)6-8(24-3)7-10(11)26-5/h6-7,12-13H,1-5H3,(H,20,21)(H,22,23). The first-order valence-electron chi connectivity index (χ1n) is 7.68. The highest BCUT2D eigenvalue weighted by molar-refractivity contribution is 6.05. The van der Waals surface area contributed by atoms with E-state index in [2.05, 4.69) is 0 Å². The number of nitrogens with zero attached hydrogens (tertiary/aromatic N) is 1. The molecule has 0 spiro atoms. The fourth-order valence-electron chi connectivity index (χ4n) is 3.42. The van der Waals surface area contributed by atoms with Crippen molar-refractivity contribution in [1.29, 1.82) is 0 Å². The van der Waals surface area contributed by atoms with E-state index in [0.29, 0.717) is 5.75 Å². The van der Waals surface area contributed by atoms with Gasteiger partial charge in [-0.1, -0.05) is 0 Å². The van der Waals surface area contributed by atoms with Crippen LogP contribution in [0.3, 0.4) is 0 Å². The minimum absolute atomic E-state index is 0.174. The zero-order chi connectivity index (χ0) is 19.8. The lowest BCUT2D eigenvalue weighted by atomic mass is 9.75. The van der Waals surface area contributed by atoms with E-state index in [1.165, 1.54) is 47.4 Å². The molecule has 0 saturated carbocycles. The number of carboxylic acid groups (broad SMARTS) is 2. The van der Waals surface area contributed by atoms with Crippen LogP contribution >= 0.6 is 0 Å². The molecule has 0 aromatic heterocycles. The number of hydrogen-bond acceptors (Lipinski definition) is 6. The summed E-state index contributed by atoms with van der Waals surface area (Å²) < 4.78 is 15.8. The van der Waals surface area contributed by atoms with Crippen LogP contribution in [0.2, 0.25) is 0 Å². The maximum absolute atomic E-state index is 12.5. The number of methoxy groups -OCH3 is 3. The SMILES string of the molecule is COc1cc(OC)c(C2C(C(=O)O)C(=O)N(C)C2(C)C(=O)O)c(OC)c1. The highest BCUT2D eigenvalue weighted by atomic mass is 16.5. The van der Waals surface area contributed by atoms with Gasteiger partial charge in [-0.2, -0.15) is 0 Å². The zero-order valence-electron chi connectivity index (χ0n) is 15.1. The second-order valence-corrected chi connectivity index (χ2v) is 6.09. The van der Waals surface area contributed by atoms with Crippen molar-refractivity contribution in [3.05, 3.63) is 17.7 Å². The Kier molecular flexibility index (Phi) is 5.02. The second-order valence-electron chi connectivity index (χ2n) is 6.09. The van der Waals surface area contributed by atoms with Gasteiger partial charge in [0, 0.05) is 30.7 Å². The Morgan fingerprint density at radius 2 is 1.58 bits per heavy atom. The van der Waals surface area contributed by atoms with Crippen molar-refractivity contribution >= 4 is 17.8 Å². The second kappa shape index (κ2) is 6.74. The summed E-state index contributed by atoms with van der Waals surface area (Å²) in [5.41, 5.74) is -1.62. The van der Waals surface area contributed by atoms with E-state index in [1.807, 2.05) is 0 Å². The molecule has 26 heavy (non-hydrogen) atoms. The van der Waals surface area contributed by atoms with E-state index in [4.69, 9.17) is 14.2 Å². The molecule has 0 radical (unpaired) electrons. The fourth-order valence-corrected chi connectivity index (χ4v) is 3.42. The zero-order valence-corrected chi connectivity index (χ0v) is 15.1. The Balaban J connectivity index is 2.86. The van der Waals surface area contributed by atoms with Gasteiger partial charge in [0.05, 0.1) is 21.3 Å². The van der Waals surface area contributed by atoms with Crippen molar-refractivity contribution in [2.24, 2.45) is 5.92 Å². The summed E-state index contributed by atoms with van der Waals surface area (Å²) >= 11 is 0. The number of likely N-dealkylation sites (N-methyl/N-ethyl adjacent to an activating group) is 1. The molecule has 1 heterocycles. The highest BCUT2D eigenvalue weighted by Gasteiger charge is 2.63. The van der Waals surface area contributed by atoms with Gasteiger partial charge in [-0.3, -0.25) is 9.59 Å². The Hall–Kier alpha value is -2.97. The Labute approximate surface area is 150 Å². The molecule has 0 aliphatic carbocycles. The van der Waals surface area contributed by atoms with Gasteiger partial charge in [-0.15, -0.1) is 0 Å². The monoisotopic (exact) mass is 367 g/mol. The molecule has 1 saturated heterocycles. The average Bonchev–Trinajstić information content (AvgIpc) is 2.82. The molecule has 0 bridgehead atoms. The van der Waals surface area contributed by atoms with Gasteiger partial charge in [0.1, 0.15) is 28.7 Å². The molecule has 3 atom stereocenters. The van der Waals surface area contributed by atoms with E-state index in [1.54, 1.807) is 0 Å². The molecule has 1 aliphatic heterocycles. The first-order chi connectivity index (χ1) is 12.1. The number of aliphatic carboxylic acids is 2. The summed E-state index contributed by atoms with van der Waals surface area (Å²) in [6.07, 6.45) is 0. The number of amides is 1. The topological polar surface area (TPSA) is 123 Å². The molecule has 142 valence electrons. The van der Waals surface area contributed by atoms with Crippen molar-refractivity contribution in [2.45, 2.75) is 18.4 Å². The number of carboxylic acids is 2. The number of rotatable bonds is 6. The quantitative estimate of drug-likeness (QED) is 0.708. The van der Waals surface area contributed by atoms with Crippen LogP contribution in [0.5, 0.6) is 17.2 Å². The van der Waals surface area contributed by atoms with E-state index >= 15 is 0 Å². The lowest BCUT2D eigenvalue weighted by Crippen LogP contribution is -2.50. The summed E-state index contributed by atoms with van der Waals surface area (Å²) in [5.74, 6) is -5.67. The molecule has 1 amide bonds. The predicted molar refractivity (Wildman–Crippen MR) is 88.8 cm³/mol. The molecule has 1 aliphatic rings. The van der Waals surface area contributed by atoms with Crippen molar-refractivity contribution in [2.75, 3.05) is 28.4 Å². The van der Waals surface area contributed by atoms with Crippen molar-refractivity contribution in [1.82, 2.24) is 4.90 Å². The van der Waals surface area contributed by atoms with E-state index in [0.717, 1.165) is 4.90 Å². The Bertz CT molecular complexity index is 736. The van der Waals surface area contributed by atoms with E-state index in [-0.39, 0.29) is 17.1 Å². The molecule has 1 aromatic rings. The summed E-state index contributed by atoms with van der Waals surface area (Å²) in [6.45, 7) is 1.31. The van der Waals surface area contributed by atoms with Gasteiger partial charge in [0.2, 0.25) is 5.91 Å². The average molecular weight is 367 g/mol. The lowest BCUT2D eigenvalue weighted by Gasteiger charge is -2.34. The Morgan fingerprint density at radius 1 is 1.08 bits per heavy atom. The van der Waals surface area contributed by atoms with Crippen LogP contribution in [0.4, 0.5) is 0 Å². The molecular formula is C17H21NO8. The summed E-state index contributed by atoms with van der Waals surface area (Å²) in [5, 5.41) is 19.5. The van der Waals surface area contributed by atoms with Gasteiger partial charge in [0.25, 0.3) is 0 Å². The lowest BCUT2D eigenvalue weighted by molar-refractivity contribution is -0.153. The maximum atomic E-state index is 12.5. The van der Waals surface area contributed by atoms with Crippen LogP contribution < -0.4 is 14.2 Å². The van der Waals surface area contributed by atoms with Crippen molar-refractivity contribution in [3.8, 4) is 17.2 Å². The first kappa shape index (κ1) is 19.4. The van der Waals surface area contributed by atoms with Crippen molar-refractivity contribution in [3.63, 3.8) is 0 Å².